The van der Waals surface area contributed by atoms with Gasteiger partial charge >= 0.3 is 5.97 Å². The quantitative estimate of drug-likeness (QED) is 0.872. The lowest BCUT2D eigenvalue weighted by molar-refractivity contribution is -0.137. The maximum atomic E-state index is 12.5. The van der Waals surface area contributed by atoms with Crippen molar-refractivity contribution < 1.29 is 19.4 Å². The van der Waals surface area contributed by atoms with Crippen molar-refractivity contribution in [2.75, 3.05) is 20.2 Å². The number of carboxylic acid groups (broad SMARTS) is 1. The smallest absolute Gasteiger partial charge is 0.303 e. The molecule has 0 radical (unpaired) electrons. The molecule has 114 valence electrons. The molecule has 1 aliphatic heterocycles. The van der Waals surface area contributed by atoms with Crippen molar-refractivity contribution in [1.82, 2.24) is 4.90 Å². The molecule has 1 aliphatic rings. The highest BCUT2D eigenvalue weighted by Crippen LogP contribution is 2.23. The summed E-state index contributed by atoms with van der Waals surface area (Å²) in [5.74, 6) is -0.454. The number of carbonyl (C=O) groups excluding carboxylic acids is 1. The van der Waals surface area contributed by atoms with Crippen molar-refractivity contribution in [3.05, 3.63) is 35.4 Å². The first-order valence-electron chi connectivity index (χ1n) is 7.19. The van der Waals surface area contributed by atoms with Crippen LogP contribution in [0.1, 0.15) is 35.2 Å². The first kappa shape index (κ1) is 15.5. The Bertz CT molecular complexity index is 515. The molecule has 1 unspecified atom stereocenters. The third-order valence-electron chi connectivity index (χ3n) is 3.82. The number of amides is 1. The number of aliphatic carboxylic acids is 1. The monoisotopic (exact) mass is 291 g/mol. The highest BCUT2D eigenvalue weighted by Gasteiger charge is 2.27. The summed E-state index contributed by atoms with van der Waals surface area (Å²) in [4.78, 5) is 24.9. The molecule has 1 heterocycles. The molecule has 5 nitrogen and oxygen atoms in total. The van der Waals surface area contributed by atoms with Gasteiger partial charge in [-0.05, 0) is 36.5 Å². The summed E-state index contributed by atoms with van der Waals surface area (Å²) < 4.78 is 5.08. The number of methoxy groups -OCH3 is 1. The molecule has 1 saturated heterocycles. The topological polar surface area (TPSA) is 66.8 Å². The summed E-state index contributed by atoms with van der Waals surface area (Å²) >= 11 is 0. The summed E-state index contributed by atoms with van der Waals surface area (Å²) in [7, 11) is 1.63. The summed E-state index contributed by atoms with van der Waals surface area (Å²) in [6.45, 7) is 1.85. The molecule has 1 atom stereocenters. The zero-order chi connectivity index (χ0) is 15.2. The lowest BCUT2D eigenvalue weighted by Crippen LogP contribution is -2.28. The van der Waals surface area contributed by atoms with Crippen LogP contribution in [0, 0.1) is 5.92 Å². The van der Waals surface area contributed by atoms with Crippen LogP contribution in [0.25, 0.3) is 0 Å². The van der Waals surface area contributed by atoms with Gasteiger partial charge in [0.1, 0.15) is 0 Å². The number of hydrogen-bond donors (Lipinski definition) is 1. The molecular weight excluding hydrogens is 270 g/mol. The molecule has 1 N–H and O–H groups in total. The van der Waals surface area contributed by atoms with Crippen molar-refractivity contribution in [3.8, 4) is 0 Å². The number of nitrogens with zero attached hydrogens (tertiary/aromatic N) is 1. The van der Waals surface area contributed by atoms with E-state index in [0.717, 1.165) is 12.0 Å². The van der Waals surface area contributed by atoms with Gasteiger partial charge in [-0.25, -0.2) is 0 Å². The maximum Gasteiger partial charge on any atom is 0.303 e. The Balaban J connectivity index is 1.94. The molecule has 0 spiro atoms. The molecule has 5 heteroatoms. The zero-order valence-electron chi connectivity index (χ0n) is 12.2. The molecule has 21 heavy (non-hydrogen) atoms. The molecule has 2 rings (SSSR count). The molecule has 0 aromatic heterocycles. The summed E-state index contributed by atoms with van der Waals surface area (Å²) in [5.41, 5.74) is 1.65. The minimum absolute atomic E-state index is 0.0192. The number of carboxylic acids is 1. The number of benzene rings is 1. The number of carbonyl (C=O) groups is 2. The van der Waals surface area contributed by atoms with Crippen LogP contribution in [0.5, 0.6) is 0 Å². The summed E-state index contributed by atoms with van der Waals surface area (Å²) in [5, 5.41) is 8.72. The van der Waals surface area contributed by atoms with E-state index in [1.165, 1.54) is 0 Å². The van der Waals surface area contributed by atoms with Gasteiger partial charge in [-0.2, -0.15) is 0 Å². The van der Waals surface area contributed by atoms with Gasteiger partial charge in [-0.15, -0.1) is 0 Å². The van der Waals surface area contributed by atoms with E-state index in [1.807, 2.05) is 29.2 Å². The minimum Gasteiger partial charge on any atom is -0.481 e. The molecule has 0 saturated carbocycles. The highest BCUT2D eigenvalue weighted by molar-refractivity contribution is 5.94. The van der Waals surface area contributed by atoms with Gasteiger partial charge < -0.3 is 14.7 Å². The Hall–Kier alpha value is -1.88. The van der Waals surface area contributed by atoms with Crippen LogP contribution < -0.4 is 0 Å². The van der Waals surface area contributed by atoms with Gasteiger partial charge in [0, 0.05) is 32.2 Å². The van der Waals surface area contributed by atoms with E-state index in [9.17, 15) is 9.59 Å². The highest BCUT2D eigenvalue weighted by atomic mass is 16.5. The van der Waals surface area contributed by atoms with Crippen LogP contribution >= 0.6 is 0 Å². The summed E-state index contributed by atoms with van der Waals surface area (Å²) in [6.07, 6.45) is 1.70. The fourth-order valence-electron chi connectivity index (χ4n) is 2.72. The molecule has 0 aliphatic carbocycles. The van der Waals surface area contributed by atoms with Crippen LogP contribution in [0.15, 0.2) is 24.3 Å². The minimum atomic E-state index is -0.771. The maximum absolute atomic E-state index is 12.5. The normalized spacial score (nSPS) is 18.0. The van der Waals surface area contributed by atoms with Gasteiger partial charge in [0.25, 0.3) is 5.91 Å². The van der Waals surface area contributed by atoms with Gasteiger partial charge in [0.2, 0.25) is 0 Å². The van der Waals surface area contributed by atoms with E-state index in [-0.39, 0.29) is 12.3 Å². The average Bonchev–Trinajstić information content (AvgIpc) is 2.94. The molecule has 1 aromatic carbocycles. The van der Waals surface area contributed by atoms with Crippen LogP contribution in [0.4, 0.5) is 0 Å². The second kappa shape index (κ2) is 7.22. The Morgan fingerprint density at radius 1 is 1.43 bits per heavy atom. The zero-order valence-corrected chi connectivity index (χ0v) is 12.2. The van der Waals surface area contributed by atoms with Gasteiger partial charge in [-0.3, -0.25) is 9.59 Å². The second-order valence-corrected chi connectivity index (χ2v) is 5.47. The fraction of sp³-hybridized carbons (Fsp3) is 0.500. The SMILES string of the molecule is COCc1cccc(C(=O)N2CCC(CCC(=O)O)C2)c1. The third kappa shape index (κ3) is 4.29. The van der Waals surface area contributed by atoms with Gasteiger partial charge in [0.05, 0.1) is 6.61 Å². The Labute approximate surface area is 124 Å². The van der Waals surface area contributed by atoms with E-state index in [4.69, 9.17) is 9.84 Å². The van der Waals surface area contributed by atoms with E-state index >= 15 is 0 Å². The number of hydrogen-bond acceptors (Lipinski definition) is 3. The van der Waals surface area contributed by atoms with Crippen LogP contribution in [-0.4, -0.2) is 42.1 Å². The summed E-state index contributed by atoms with van der Waals surface area (Å²) in [6, 6.07) is 7.46. The van der Waals surface area contributed by atoms with Gasteiger partial charge in [0.15, 0.2) is 0 Å². The number of ether oxygens (including phenoxy) is 1. The van der Waals surface area contributed by atoms with Crippen LogP contribution in [0.2, 0.25) is 0 Å². The van der Waals surface area contributed by atoms with Crippen molar-refractivity contribution >= 4 is 11.9 Å². The average molecular weight is 291 g/mol. The Morgan fingerprint density at radius 2 is 2.24 bits per heavy atom. The first-order valence-corrected chi connectivity index (χ1v) is 7.19. The van der Waals surface area contributed by atoms with Crippen molar-refractivity contribution in [2.24, 2.45) is 5.92 Å². The van der Waals surface area contributed by atoms with Crippen molar-refractivity contribution in [2.45, 2.75) is 25.9 Å². The standard InChI is InChI=1S/C16H21NO4/c1-21-11-13-3-2-4-14(9-13)16(20)17-8-7-12(10-17)5-6-15(18)19/h2-4,9,12H,5-8,10-11H2,1H3,(H,18,19). The fourth-order valence-corrected chi connectivity index (χ4v) is 2.72. The predicted octanol–water partition coefficient (Wildman–Crippen LogP) is 2.16. The number of likely N-dealkylation sites (tertiary alicyclic amines) is 1. The van der Waals surface area contributed by atoms with E-state index in [2.05, 4.69) is 0 Å². The second-order valence-electron chi connectivity index (χ2n) is 5.47. The predicted molar refractivity (Wildman–Crippen MR) is 78.0 cm³/mol. The van der Waals surface area contributed by atoms with Crippen LogP contribution in [0.3, 0.4) is 0 Å². The Morgan fingerprint density at radius 3 is 2.95 bits per heavy atom. The lowest BCUT2D eigenvalue weighted by atomic mass is 10.0. The lowest BCUT2D eigenvalue weighted by Gasteiger charge is -2.17. The molecule has 1 fully saturated rings. The number of rotatable bonds is 6. The molecule has 1 amide bonds. The Kier molecular flexibility index (Phi) is 5.33. The van der Waals surface area contributed by atoms with Gasteiger partial charge in [-0.1, -0.05) is 12.1 Å². The van der Waals surface area contributed by atoms with E-state index in [1.54, 1.807) is 7.11 Å². The first-order chi connectivity index (χ1) is 10.1. The van der Waals surface area contributed by atoms with Crippen molar-refractivity contribution in [3.63, 3.8) is 0 Å². The molecular formula is C16H21NO4. The largest absolute Gasteiger partial charge is 0.481 e. The third-order valence-corrected chi connectivity index (χ3v) is 3.82. The molecule has 0 bridgehead atoms. The van der Waals surface area contributed by atoms with Crippen molar-refractivity contribution in [1.29, 1.82) is 0 Å². The van der Waals surface area contributed by atoms with E-state index < -0.39 is 5.97 Å². The molecule has 1 aromatic rings. The van der Waals surface area contributed by atoms with E-state index in [0.29, 0.717) is 37.6 Å². The van der Waals surface area contributed by atoms with Crippen LogP contribution in [-0.2, 0) is 16.1 Å².